The van der Waals surface area contributed by atoms with Gasteiger partial charge in [0, 0.05) is 18.4 Å². The Morgan fingerprint density at radius 1 is 1.31 bits per heavy atom. The Hall–Kier alpha value is -0.830. The van der Waals surface area contributed by atoms with Crippen LogP contribution in [0.15, 0.2) is 12.4 Å². The van der Waals surface area contributed by atoms with Crippen molar-refractivity contribution < 1.29 is 4.74 Å². The molecular formula is C13H18N2O. The quantitative estimate of drug-likeness (QED) is 0.763. The molecule has 3 heteroatoms. The number of rotatable bonds is 2. The lowest BCUT2D eigenvalue weighted by Gasteiger charge is -2.61. The molecular weight excluding hydrogens is 200 g/mol. The molecule has 5 rings (SSSR count). The average molecular weight is 218 g/mol. The van der Waals surface area contributed by atoms with Gasteiger partial charge < -0.3 is 4.74 Å². The third-order valence-electron chi connectivity index (χ3n) is 4.65. The third kappa shape index (κ3) is 1.15. The van der Waals surface area contributed by atoms with Crippen LogP contribution in [0.1, 0.15) is 50.2 Å². The lowest BCUT2D eigenvalue weighted by atomic mass is 9.50. The normalized spacial score (nSPS) is 41.2. The van der Waals surface area contributed by atoms with E-state index in [0.29, 0.717) is 11.6 Å². The zero-order valence-corrected chi connectivity index (χ0v) is 9.56. The molecule has 1 aliphatic heterocycles. The topological polar surface area (TPSA) is 27.1 Å². The van der Waals surface area contributed by atoms with Gasteiger partial charge in [0.2, 0.25) is 0 Å². The molecule has 1 aromatic heterocycles. The van der Waals surface area contributed by atoms with Crippen LogP contribution in [0.5, 0.6) is 0 Å². The molecule has 4 fully saturated rings. The van der Waals surface area contributed by atoms with Crippen LogP contribution < -0.4 is 0 Å². The summed E-state index contributed by atoms with van der Waals surface area (Å²) >= 11 is 0. The molecule has 1 saturated heterocycles. The lowest BCUT2D eigenvalue weighted by molar-refractivity contribution is -0.0980. The van der Waals surface area contributed by atoms with Gasteiger partial charge >= 0.3 is 0 Å². The summed E-state index contributed by atoms with van der Waals surface area (Å²) in [5, 5.41) is 4.56. The summed E-state index contributed by atoms with van der Waals surface area (Å²) in [6, 6.07) is 0. The van der Waals surface area contributed by atoms with Gasteiger partial charge in [0.25, 0.3) is 0 Å². The van der Waals surface area contributed by atoms with E-state index in [1.807, 2.05) is 6.20 Å². The minimum absolute atomic E-state index is 0.315. The van der Waals surface area contributed by atoms with Crippen molar-refractivity contribution in [2.45, 2.75) is 50.2 Å². The molecule has 0 amide bonds. The summed E-state index contributed by atoms with van der Waals surface area (Å²) < 4.78 is 8.02. The molecule has 0 spiro atoms. The fourth-order valence-electron chi connectivity index (χ4n) is 3.48. The molecule has 16 heavy (non-hydrogen) atoms. The number of nitrogens with zero attached hydrogens (tertiary/aromatic N) is 2. The Morgan fingerprint density at radius 3 is 2.81 bits per heavy atom. The van der Waals surface area contributed by atoms with Gasteiger partial charge in [0.1, 0.15) is 0 Å². The fraction of sp³-hybridized carbons (Fsp3) is 0.769. The smallest absolute Gasteiger partial charge is 0.0855 e. The van der Waals surface area contributed by atoms with Crippen molar-refractivity contribution in [2.24, 2.45) is 5.92 Å². The summed E-state index contributed by atoms with van der Waals surface area (Å²) in [5.74, 6) is 1.01. The summed E-state index contributed by atoms with van der Waals surface area (Å²) in [6.07, 6.45) is 12.3. The maximum Gasteiger partial charge on any atom is 0.0855 e. The molecule has 86 valence electrons. The minimum atomic E-state index is 0.315. The van der Waals surface area contributed by atoms with Crippen molar-refractivity contribution in [2.75, 3.05) is 6.61 Å². The van der Waals surface area contributed by atoms with Crippen LogP contribution in [0.4, 0.5) is 0 Å². The van der Waals surface area contributed by atoms with Crippen LogP contribution in [-0.4, -0.2) is 16.4 Å². The van der Waals surface area contributed by atoms with Gasteiger partial charge in [-0.2, -0.15) is 5.10 Å². The van der Waals surface area contributed by atoms with E-state index in [4.69, 9.17) is 4.74 Å². The van der Waals surface area contributed by atoms with Crippen LogP contribution in [-0.2, 0) is 10.3 Å². The number of hydrogen-bond acceptors (Lipinski definition) is 2. The van der Waals surface area contributed by atoms with Crippen molar-refractivity contribution in [1.82, 2.24) is 9.78 Å². The third-order valence-corrected chi connectivity index (χ3v) is 4.65. The van der Waals surface area contributed by atoms with E-state index in [0.717, 1.165) is 12.5 Å². The zero-order chi connectivity index (χ0) is 10.6. The van der Waals surface area contributed by atoms with Crippen LogP contribution in [0, 0.1) is 5.92 Å². The van der Waals surface area contributed by atoms with Crippen molar-refractivity contribution in [1.29, 1.82) is 0 Å². The largest absolute Gasteiger partial charge is 0.373 e. The van der Waals surface area contributed by atoms with Crippen LogP contribution in [0.3, 0.4) is 0 Å². The summed E-state index contributed by atoms with van der Waals surface area (Å²) in [6.45, 7) is 0.920. The summed E-state index contributed by atoms with van der Waals surface area (Å²) in [4.78, 5) is 0. The monoisotopic (exact) mass is 218 g/mol. The van der Waals surface area contributed by atoms with Gasteiger partial charge in [-0.05, 0) is 44.4 Å². The highest BCUT2D eigenvalue weighted by atomic mass is 16.5. The molecule has 4 aliphatic rings. The van der Waals surface area contributed by atoms with E-state index >= 15 is 0 Å². The predicted molar refractivity (Wildman–Crippen MR) is 60.1 cm³/mol. The molecule has 0 radical (unpaired) electrons. The van der Waals surface area contributed by atoms with E-state index in [2.05, 4.69) is 16.0 Å². The van der Waals surface area contributed by atoms with Gasteiger partial charge in [-0.15, -0.1) is 0 Å². The molecule has 0 unspecified atom stereocenters. The second kappa shape index (κ2) is 3.10. The first kappa shape index (κ1) is 9.23. The van der Waals surface area contributed by atoms with Crippen LogP contribution >= 0.6 is 0 Å². The predicted octanol–water partition coefficient (Wildman–Crippen LogP) is 2.63. The number of ether oxygens (including phenoxy) is 1. The first-order valence-corrected chi connectivity index (χ1v) is 6.52. The Bertz CT molecular complexity index is 389. The highest BCUT2D eigenvalue weighted by Crippen LogP contribution is 2.62. The van der Waals surface area contributed by atoms with Crippen molar-refractivity contribution in [3.05, 3.63) is 18.0 Å². The maximum absolute atomic E-state index is 5.80. The summed E-state index contributed by atoms with van der Waals surface area (Å²) in [7, 11) is 0. The highest BCUT2D eigenvalue weighted by Gasteiger charge is 2.58. The van der Waals surface area contributed by atoms with E-state index in [9.17, 15) is 0 Å². The molecule has 0 aromatic carbocycles. The molecule has 3 aliphatic carbocycles. The SMILES string of the molecule is c1nn(C23CC(C2)C3)cc1[C@@H]1CCCCO1. The highest BCUT2D eigenvalue weighted by molar-refractivity contribution is 5.16. The van der Waals surface area contributed by atoms with Gasteiger partial charge in [-0.1, -0.05) is 0 Å². The minimum Gasteiger partial charge on any atom is -0.373 e. The molecule has 2 heterocycles. The van der Waals surface area contributed by atoms with Gasteiger partial charge in [-0.3, -0.25) is 4.68 Å². The number of hydrogen-bond donors (Lipinski definition) is 0. The van der Waals surface area contributed by atoms with Crippen LogP contribution in [0.25, 0.3) is 0 Å². The van der Waals surface area contributed by atoms with Crippen molar-refractivity contribution >= 4 is 0 Å². The van der Waals surface area contributed by atoms with Crippen molar-refractivity contribution in [3.8, 4) is 0 Å². The Kier molecular flexibility index (Phi) is 1.79. The summed E-state index contributed by atoms with van der Waals surface area (Å²) in [5.41, 5.74) is 1.72. The fourth-order valence-corrected chi connectivity index (χ4v) is 3.48. The second-order valence-electron chi connectivity index (χ2n) is 5.78. The Morgan fingerprint density at radius 2 is 2.19 bits per heavy atom. The molecule has 1 aromatic rings. The Balaban J connectivity index is 1.55. The second-order valence-corrected chi connectivity index (χ2v) is 5.78. The Labute approximate surface area is 95.8 Å². The molecule has 0 N–H and O–H groups in total. The molecule has 1 atom stereocenters. The van der Waals surface area contributed by atoms with Gasteiger partial charge in [0.05, 0.1) is 17.8 Å². The van der Waals surface area contributed by atoms with Crippen molar-refractivity contribution in [3.63, 3.8) is 0 Å². The van der Waals surface area contributed by atoms with E-state index < -0.39 is 0 Å². The van der Waals surface area contributed by atoms with Gasteiger partial charge in [-0.25, -0.2) is 0 Å². The first-order chi connectivity index (χ1) is 7.86. The lowest BCUT2D eigenvalue weighted by Crippen LogP contribution is -2.59. The van der Waals surface area contributed by atoms with Gasteiger partial charge in [0.15, 0.2) is 0 Å². The van der Waals surface area contributed by atoms with E-state index in [1.54, 1.807) is 0 Å². The molecule has 3 saturated carbocycles. The average Bonchev–Trinajstić information content (AvgIpc) is 2.64. The van der Waals surface area contributed by atoms with E-state index in [1.165, 1.54) is 44.1 Å². The standard InChI is InChI=1S/C13H18N2O/c1-2-4-16-12(3-1)11-8-14-15(9-11)13-5-10(6-13)7-13/h8-10,12H,1-7H2/t10?,12-,13?/m0/s1. The van der Waals surface area contributed by atoms with E-state index in [-0.39, 0.29) is 0 Å². The molecule has 3 nitrogen and oxygen atoms in total. The number of aromatic nitrogens is 2. The van der Waals surface area contributed by atoms with Crippen LogP contribution in [0.2, 0.25) is 0 Å². The first-order valence-electron chi connectivity index (χ1n) is 6.52. The maximum atomic E-state index is 5.80. The molecule has 2 bridgehead atoms. The zero-order valence-electron chi connectivity index (χ0n) is 9.56.